The average Bonchev–Trinajstić information content (AvgIpc) is 3.10. The summed E-state index contributed by atoms with van der Waals surface area (Å²) in [6, 6.07) is 9.54. The summed E-state index contributed by atoms with van der Waals surface area (Å²) >= 11 is 0. The normalized spacial score (nSPS) is 18.4. The number of nitrogens with one attached hydrogen (secondary N) is 1. The summed E-state index contributed by atoms with van der Waals surface area (Å²) in [6.07, 6.45) is -1.92. The molecule has 1 amide bonds. The van der Waals surface area contributed by atoms with Gasteiger partial charge in [-0.3, -0.25) is 9.78 Å². The third kappa shape index (κ3) is 5.11. The molecule has 0 spiro atoms. The first-order valence-electron chi connectivity index (χ1n) is 10.3. The molecule has 0 aliphatic carbocycles. The van der Waals surface area contributed by atoms with E-state index in [-0.39, 0.29) is 30.1 Å². The van der Waals surface area contributed by atoms with Crippen molar-refractivity contribution in [3.05, 3.63) is 65.7 Å². The van der Waals surface area contributed by atoms with Crippen molar-refractivity contribution < 1.29 is 23.1 Å². The molecule has 2 aromatic heterocycles. The summed E-state index contributed by atoms with van der Waals surface area (Å²) in [5, 5.41) is 12.6. The number of aryl methyl sites for hydroxylation is 1. The lowest BCUT2D eigenvalue weighted by molar-refractivity contribution is -0.141. The summed E-state index contributed by atoms with van der Waals surface area (Å²) in [6.45, 7) is 4.03. The van der Waals surface area contributed by atoms with Gasteiger partial charge in [0.2, 0.25) is 5.95 Å². The van der Waals surface area contributed by atoms with Crippen LogP contribution in [-0.2, 0) is 6.18 Å². The molecule has 2 N–H and O–H groups in total. The molecular formula is C23H22F3N5O2. The summed E-state index contributed by atoms with van der Waals surface area (Å²) in [5.74, 6) is -0.402. The van der Waals surface area contributed by atoms with E-state index < -0.39 is 18.0 Å². The van der Waals surface area contributed by atoms with Gasteiger partial charge in [0.05, 0.1) is 6.10 Å². The van der Waals surface area contributed by atoms with Crippen LogP contribution in [0.25, 0.3) is 11.1 Å². The predicted octanol–water partition coefficient (Wildman–Crippen LogP) is 4.20. The molecule has 0 unspecified atom stereocenters. The van der Waals surface area contributed by atoms with E-state index in [1.807, 2.05) is 19.9 Å². The number of carbonyl (C=O) groups is 1. The third-order valence-electron chi connectivity index (χ3n) is 5.41. The van der Waals surface area contributed by atoms with Crippen LogP contribution in [-0.4, -0.2) is 49.6 Å². The predicted molar refractivity (Wildman–Crippen MR) is 116 cm³/mol. The molecule has 1 aliphatic heterocycles. The fourth-order valence-corrected chi connectivity index (χ4v) is 3.85. The molecule has 1 saturated heterocycles. The number of anilines is 2. The minimum atomic E-state index is -4.56. The molecule has 0 saturated carbocycles. The highest BCUT2D eigenvalue weighted by molar-refractivity contribution is 5.93. The average molecular weight is 457 g/mol. The maximum absolute atomic E-state index is 12.9. The fourth-order valence-electron chi connectivity index (χ4n) is 3.85. The van der Waals surface area contributed by atoms with Crippen molar-refractivity contribution >= 4 is 17.5 Å². The number of β-amino-alcohol motifs (C(OH)–C–C–N with tert-alkyl or cyclic N) is 1. The maximum Gasteiger partial charge on any atom is 0.433 e. The summed E-state index contributed by atoms with van der Waals surface area (Å²) < 4.78 is 38.8. The Morgan fingerprint density at radius 1 is 1.15 bits per heavy atom. The second kappa shape index (κ2) is 8.78. The molecular weight excluding hydrogens is 435 g/mol. The molecule has 172 valence electrons. The first-order chi connectivity index (χ1) is 15.6. The highest BCUT2D eigenvalue weighted by Crippen LogP contribution is 2.29. The van der Waals surface area contributed by atoms with Gasteiger partial charge in [0.1, 0.15) is 11.4 Å². The zero-order valence-electron chi connectivity index (χ0n) is 18.0. The highest BCUT2D eigenvalue weighted by atomic mass is 19.4. The molecule has 7 nitrogen and oxygen atoms in total. The number of benzene rings is 1. The quantitative estimate of drug-likeness (QED) is 0.610. The molecule has 1 aromatic carbocycles. The Balaban J connectivity index is 1.55. The van der Waals surface area contributed by atoms with Crippen LogP contribution in [0.4, 0.5) is 24.8 Å². The van der Waals surface area contributed by atoms with Crippen molar-refractivity contribution in [2.24, 2.45) is 0 Å². The summed E-state index contributed by atoms with van der Waals surface area (Å²) in [5.41, 5.74) is 2.13. The topological polar surface area (TPSA) is 91.2 Å². The number of amides is 1. The number of alkyl halides is 3. The summed E-state index contributed by atoms with van der Waals surface area (Å²) in [4.78, 5) is 26.0. The Labute approximate surface area is 188 Å². The van der Waals surface area contributed by atoms with Crippen molar-refractivity contribution in [2.45, 2.75) is 38.6 Å². The van der Waals surface area contributed by atoms with Gasteiger partial charge in [-0.2, -0.15) is 13.2 Å². The fraction of sp³-hybridized carbons (Fsp3) is 0.304. The SMILES string of the molecule is Cc1cc(Nc2nccc(C(F)(F)F)n2)cc(-c2ccc(C(=O)N3C[C@H](O)C[C@H]3C)nc2)c1. The number of carbonyl (C=O) groups excluding carboxylic acids is 1. The Hall–Kier alpha value is -3.53. The van der Waals surface area contributed by atoms with Gasteiger partial charge in [-0.25, -0.2) is 9.97 Å². The van der Waals surface area contributed by atoms with Gasteiger partial charge >= 0.3 is 6.18 Å². The molecule has 3 aromatic rings. The number of aliphatic hydroxyl groups is 1. The van der Waals surface area contributed by atoms with Crippen molar-refractivity contribution in [3.8, 4) is 11.1 Å². The van der Waals surface area contributed by atoms with Crippen molar-refractivity contribution in [1.82, 2.24) is 19.9 Å². The van der Waals surface area contributed by atoms with Crippen molar-refractivity contribution in [1.29, 1.82) is 0 Å². The summed E-state index contributed by atoms with van der Waals surface area (Å²) in [7, 11) is 0. The van der Waals surface area contributed by atoms with E-state index in [9.17, 15) is 23.1 Å². The monoisotopic (exact) mass is 457 g/mol. The van der Waals surface area contributed by atoms with Crippen molar-refractivity contribution in [3.63, 3.8) is 0 Å². The number of hydrogen-bond acceptors (Lipinski definition) is 6. The second-order valence-corrected chi connectivity index (χ2v) is 8.10. The van der Waals surface area contributed by atoms with E-state index in [2.05, 4.69) is 20.3 Å². The molecule has 1 fully saturated rings. The Morgan fingerprint density at radius 2 is 1.94 bits per heavy atom. The van der Waals surface area contributed by atoms with Gasteiger partial charge in [-0.15, -0.1) is 0 Å². The first-order valence-corrected chi connectivity index (χ1v) is 10.3. The number of nitrogens with zero attached hydrogens (tertiary/aromatic N) is 4. The van der Waals surface area contributed by atoms with E-state index >= 15 is 0 Å². The van der Waals surface area contributed by atoms with Crippen LogP contribution in [0.15, 0.2) is 48.8 Å². The maximum atomic E-state index is 12.9. The Bertz CT molecular complexity index is 1170. The lowest BCUT2D eigenvalue weighted by Crippen LogP contribution is -2.34. The first kappa shape index (κ1) is 22.7. The van der Waals surface area contributed by atoms with Gasteiger partial charge in [-0.05, 0) is 55.7 Å². The zero-order chi connectivity index (χ0) is 23.8. The van der Waals surface area contributed by atoms with Gasteiger partial charge in [0.15, 0.2) is 0 Å². The van der Waals surface area contributed by atoms with Gasteiger partial charge in [-0.1, -0.05) is 12.1 Å². The van der Waals surface area contributed by atoms with E-state index in [1.54, 1.807) is 35.4 Å². The number of likely N-dealkylation sites (tertiary alicyclic amines) is 1. The lowest BCUT2D eigenvalue weighted by atomic mass is 10.0. The smallest absolute Gasteiger partial charge is 0.391 e. The number of pyridine rings is 1. The van der Waals surface area contributed by atoms with Crippen LogP contribution in [0, 0.1) is 6.92 Å². The van der Waals surface area contributed by atoms with Crippen LogP contribution >= 0.6 is 0 Å². The van der Waals surface area contributed by atoms with Crippen LogP contribution < -0.4 is 5.32 Å². The Morgan fingerprint density at radius 3 is 2.58 bits per heavy atom. The highest BCUT2D eigenvalue weighted by Gasteiger charge is 2.33. The second-order valence-electron chi connectivity index (χ2n) is 8.10. The van der Waals surface area contributed by atoms with Gasteiger partial charge in [0, 0.05) is 36.2 Å². The number of aromatic nitrogens is 3. The third-order valence-corrected chi connectivity index (χ3v) is 5.41. The minimum Gasteiger partial charge on any atom is -0.391 e. The van der Waals surface area contributed by atoms with Crippen LogP contribution in [0.1, 0.15) is 35.1 Å². The standard InChI is InChI=1S/C23H22F3N5O2/c1-13-7-16(10-17(8-13)29-22-27-6-5-20(30-22)23(24,25)26)15-3-4-19(28-11-15)21(33)31-12-18(32)9-14(31)2/h3-8,10-11,14,18,32H,9,12H2,1-2H3,(H,27,29,30)/t14-,18-/m1/s1. The molecule has 10 heteroatoms. The lowest BCUT2D eigenvalue weighted by Gasteiger charge is -2.20. The molecule has 0 bridgehead atoms. The molecule has 2 atom stereocenters. The van der Waals surface area contributed by atoms with Crippen LogP contribution in [0.2, 0.25) is 0 Å². The largest absolute Gasteiger partial charge is 0.433 e. The van der Waals surface area contributed by atoms with E-state index in [4.69, 9.17) is 0 Å². The van der Waals surface area contributed by atoms with Crippen LogP contribution in [0.3, 0.4) is 0 Å². The molecule has 3 heterocycles. The molecule has 33 heavy (non-hydrogen) atoms. The number of rotatable bonds is 4. The Kier molecular flexibility index (Phi) is 6.03. The van der Waals surface area contributed by atoms with Crippen molar-refractivity contribution in [2.75, 3.05) is 11.9 Å². The van der Waals surface area contributed by atoms with Gasteiger partial charge in [0.25, 0.3) is 5.91 Å². The minimum absolute atomic E-state index is 0.0579. The van der Waals surface area contributed by atoms with Crippen LogP contribution in [0.5, 0.6) is 0 Å². The van der Waals surface area contributed by atoms with E-state index in [1.165, 1.54) is 0 Å². The molecule has 1 aliphatic rings. The molecule has 0 radical (unpaired) electrons. The zero-order valence-corrected chi connectivity index (χ0v) is 18.0. The number of aliphatic hydroxyl groups excluding tert-OH is 1. The van der Waals surface area contributed by atoms with Gasteiger partial charge < -0.3 is 15.3 Å². The number of halogens is 3. The van der Waals surface area contributed by atoms with E-state index in [0.29, 0.717) is 12.1 Å². The molecule has 4 rings (SSSR count). The van der Waals surface area contributed by atoms with E-state index in [0.717, 1.165) is 29.0 Å². The number of hydrogen-bond donors (Lipinski definition) is 2.